The molecule has 4 rings (SSSR count). The summed E-state index contributed by atoms with van der Waals surface area (Å²) in [5, 5.41) is 7.56. The van der Waals surface area contributed by atoms with Crippen LogP contribution >= 0.6 is 0 Å². The van der Waals surface area contributed by atoms with Gasteiger partial charge in [-0.05, 0) is 43.3 Å². The van der Waals surface area contributed by atoms with Crippen molar-refractivity contribution in [1.29, 1.82) is 0 Å². The van der Waals surface area contributed by atoms with Gasteiger partial charge in [-0.25, -0.2) is 4.68 Å². The number of amides is 1. The molecule has 1 amide bonds. The Morgan fingerprint density at radius 1 is 1.07 bits per heavy atom. The van der Waals surface area contributed by atoms with Crippen LogP contribution in [0.2, 0.25) is 0 Å². The van der Waals surface area contributed by atoms with E-state index in [4.69, 9.17) is 4.42 Å². The van der Waals surface area contributed by atoms with Crippen molar-refractivity contribution >= 4 is 5.91 Å². The number of hydrogen-bond donors (Lipinski definition) is 1. The summed E-state index contributed by atoms with van der Waals surface area (Å²) in [6.07, 6.45) is 2.41. The van der Waals surface area contributed by atoms with E-state index in [1.165, 1.54) is 0 Å². The number of benzene rings is 1. The molecule has 1 N–H and O–H groups in total. The number of aryl methyl sites for hydroxylation is 1. The van der Waals surface area contributed by atoms with E-state index in [9.17, 15) is 4.79 Å². The summed E-state index contributed by atoms with van der Waals surface area (Å²) in [7, 11) is 0. The van der Waals surface area contributed by atoms with Crippen LogP contribution in [0.25, 0.3) is 17.1 Å². The fourth-order valence-corrected chi connectivity index (χ4v) is 2.94. The zero-order chi connectivity index (χ0) is 19.3. The highest BCUT2D eigenvalue weighted by Crippen LogP contribution is 2.23. The molecule has 0 radical (unpaired) electrons. The molecule has 0 saturated heterocycles. The number of pyridine rings is 1. The van der Waals surface area contributed by atoms with Crippen LogP contribution in [0.3, 0.4) is 0 Å². The van der Waals surface area contributed by atoms with Gasteiger partial charge < -0.3 is 9.73 Å². The van der Waals surface area contributed by atoms with Crippen LogP contribution in [-0.4, -0.2) is 27.2 Å². The fraction of sp³-hybridized carbons (Fsp3) is 0.136. The zero-order valence-corrected chi connectivity index (χ0v) is 15.5. The van der Waals surface area contributed by atoms with Crippen LogP contribution in [0, 0.1) is 6.92 Å². The lowest BCUT2D eigenvalue weighted by molar-refractivity contribution is 0.0946. The standard InChI is InChI=1S/C22H20N4O2/c1-16-10-11-21(28-16)19-15-20(26(25-19)18-8-3-2-4-9-18)22(27)24-14-12-17-7-5-6-13-23-17/h2-11,13,15H,12,14H2,1H3,(H,24,27). The molecule has 4 aromatic rings. The summed E-state index contributed by atoms with van der Waals surface area (Å²) in [6, 6.07) is 20.8. The lowest BCUT2D eigenvalue weighted by Gasteiger charge is -2.08. The second-order valence-electron chi connectivity index (χ2n) is 6.40. The van der Waals surface area contributed by atoms with Crippen LogP contribution in [-0.2, 0) is 6.42 Å². The van der Waals surface area contributed by atoms with Crippen LogP contribution < -0.4 is 5.32 Å². The molecule has 140 valence electrons. The topological polar surface area (TPSA) is 73.0 Å². The average Bonchev–Trinajstić information content (AvgIpc) is 3.36. The van der Waals surface area contributed by atoms with Gasteiger partial charge in [-0.2, -0.15) is 5.10 Å². The molecule has 0 bridgehead atoms. The molecule has 0 saturated carbocycles. The molecule has 0 aliphatic heterocycles. The Morgan fingerprint density at radius 2 is 1.89 bits per heavy atom. The second-order valence-corrected chi connectivity index (χ2v) is 6.40. The van der Waals surface area contributed by atoms with Crippen LogP contribution in [0.1, 0.15) is 21.9 Å². The van der Waals surface area contributed by atoms with E-state index >= 15 is 0 Å². The summed E-state index contributed by atoms with van der Waals surface area (Å²) in [5.74, 6) is 1.24. The third kappa shape index (κ3) is 3.86. The molecule has 0 fully saturated rings. The number of rotatable bonds is 6. The van der Waals surface area contributed by atoms with Gasteiger partial charge in [-0.1, -0.05) is 24.3 Å². The fourth-order valence-electron chi connectivity index (χ4n) is 2.94. The zero-order valence-electron chi connectivity index (χ0n) is 15.5. The Hall–Kier alpha value is -3.67. The Labute approximate surface area is 162 Å². The third-order valence-electron chi connectivity index (χ3n) is 4.33. The largest absolute Gasteiger partial charge is 0.460 e. The molecule has 0 atom stereocenters. The van der Waals surface area contributed by atoms with E-state index in [2.05, 4.69) is 15.4 Å². The highest BCUT2D eigenvalue weighted by molar-refractivity contribution is 5.94. The lowest BCUT2D eigenvalue weighted by Crippen LogP contribution is -2.28. The molecule has 28 heavy (non-hydrogen) atoms. The summed E-state index contributed by atoms with van der Waals surface area (Å²) in [5.41, 5.74) is 2.82. The molecule has 1 aromatic carbocycles. The Morgan fingerprint density at radius 3 is 2.61 bits per heavy atom. The predicted molar refractivity (Wildman–Crippen MR) is 106 cm³/mol. The SMILES string of the molecule is Cc1ccc(-c2cc(C(=O)NCCc3ccccn3)n(-c3ccccc3)n2)o1. The van der Waals surface area contributed by atoms with Crippen molar-refractivity contribution in [3.63, 3.8) is 0 Å². The van der Waals surface area contributed by atoms with Crippen LogP contribution in [0.4, 0.5) is 0 Å². The van der Waals surface area contributed by atoms with Gasteiger partial charge in [-0.3, -0.25) is 9.78 Å². The van der Waals surface area contributed by atoms with Crippen LogP contribution in [0.15, 0.2) is 77.3 Å². The number of hydrogen-bond acceptors (Lipinski definition) is 4. The molecular weight excluding hydrogens is 352 g/mol. The Kier molecular flexibility index (Phi) is 5.01. The van der Waals surface area contributed by atoms with Gasteiger partial charge in [0.1, 0.15) is 17.1 Å². The maximum Gasteiger partial charge on any atom is 0.270 e. The first-order valence-corrected chi connectivity index (χ1v) is 9.11. The van der Waals surface area contributed by atoms with Crippen molar-refractivity contribution in [1.82, 2.24) is 20.1 Å². The number of furan rings is 1. The summed E-state index contributed by atoms with van der Waals surface area (Å²) >= 11 is 0. The van der Waals surface area contributed by atoms with E-state index in [1.807, 2.05) is 67.6 Å². The van der Waals surface area contributed by atoms with Gasteiger partial charge in [0.2, 0.25) is 0 Å². The maximum absolute atomic E-state index is 12.9. The molecule has 0 spiro atoms. The lowest BCUT2D eigenvalue weighted by atomic mass is 10.2. The molecule has 3 heterocycles. The maximum atomic E-state index is 12.9. The van der Waals surface area contributed by atoms with Crippen LogP contribution in [0.5, 0.6) is 0 Å². The van der Waals surface area contributed by atoms with Crippen molar-refractivity contribution in [3.05, 3.63) is 90.1 Å². The summed E-state index contributed by atoms with van der Waals surface area (Å²) in [6.45, 7) is 2.37. The van der Waals surface area contributed by atoms with Gasteiger partial charge in [0.05, 0.1) is 5.69 Å². The predicted octanol–water partition coefficient (Wildman–Crippen LogP) is 3.81. The number of nitrogens with zero attached hydrogens (tertiary/aromatic N) is 3. The van der Waals surface area contributed by atoms with E-state index in [-0.39, 0.29) is 5.91 Å². The van der Waals surface area contributed by atoms with Crippen molar-refractivity contribution < 1.29 is 9.21 Å². The molecule has 0 aliphatic rings. The van der Waals surface area contributed by atoms with Gasteiger partial charge in [0, 0.05) is 30.9 Å². The molecule has 0 unspecified atom stereocenters. The average molecular weight is 372 g/mol. The first-order chi connectivity index (χ1) is 13.7. The van der Waals surface area contributed by atoms with Gasteiger partial charge >= 0.3 is 0 Å². The number of aromatic nitrogens is 3. The minimum atomic E-state index is -0.193. The van der Waals surface area contributed by atoms with Gasteiger partial charge in [-0.15, -0.1) is 0 Å². The highest BCUT2D eigenvalue weighted by atomic mass is 16.3. The number of nitrogens with one attached hydrogen (secondary N) is 1. The molecule has 6 heteroatoms. The minimum absolute atomic E-state index is 0.193. The first kappa shape index (κ1) is 17.7. The summed E-state index contributed by atoms with van der Waals surface area (Å²) in [4.78, 5) is 17.1. The van der Waals surface area contributed by atoms with Crippen molar-refractivity contribution in [3.8, 4) is 17.1 Å². The quantitative estimate of drug-likeness (QED) is 0.559. The number of carbonyl (C=O) groups is 1. The van der Waals surface area contributed by atoms with E-state index in [0.29, 0.717) is 30.1 Å². The number of carbonyl (C=O) groups excluding carboxylic acids is 1. The van der Waals surface area contributed by atoms with Crippen molar-refractivity contribution in [2.45, 2.75) is 13.3 Å². The first-order valence-electron chi connectivity index (χ1n) is 9.11. The minimum Gasteiger partial charge on any atom is -0.460 e. The van der Waals surface area contributed by atoms with E-state index in [1.54, 1.807) is 16.9 Å². The molecule has 6 nitrogen and oxygen atoms in total. The highest BCUT2D eigenvalue weighted by Gasteiger charge is 2.18. The third-order valence-corrected chi connectivity index (χ3v) is 4.33. The molecular formula is C22H20N4O2. The number of para-hydroxylation sites is 1. The van der Waals surface area contributed by atoms with Crippen molar-refractivity contribution in [2.24, 2.45) is 0 Å². The molecule has 0 aliphatic carbocycles. The van der Waals surface area contributed by atoms with Crippen molar-refractivity contribution in [2.75, 3.05) is 6.54 Å². The van der Waals surface area contributed by atoms with Gasteiger partial charge in [0.25, 0.3) is 5.91 Å². The smallest absolute Gasteiger partial charge is 0.270 e. The Bertz CT molecular complexity index is 1070. The Balaban J connectivity index is 1.59. The summed E-state index contributed by atoms with van der Waals surface area (Å²) < 4.78 is 7.32. The van der Waals surface area contributed by atoms with E-state index in [0.717, 1.165) is 17.1 Å². The normalized spacial score (nSPS) is 10.8. The van der Waals surface area contributed by atoms with Gasteiger partial charge in [0.15, 0.2) is 5.76 Å². The van der Waals surface area contributed by atoms with E-state index < -0.39 is 0 Å². The molecule has 3 aromatic heterocycles. The monoisotopic (exact) mass is 372 g/mol. The second kappa shape index (κ2) is 7.92.